The van der Waals surface area contributed by atoms with Gasteiger partial charge in [0.2, 0.25) is 5.91 Å². The number of hydrogen-bond acceptors (Lipinski definition) is 7. The minimum absolute atomic E-state index is 0.130. The summed E-state index contributed by atoms with van der Waals surface area (Å²) in [5, 5.41) is 8.46. The molecule has 4 aromatic rings. The smallest absolute Gasteiger partial charge is 0.223 e. The number of aromatic nitrogens is 5. The summed E-state index contributed by atoms with van der Waals surface area (Å²) in [6, 6.07) is 7.67. The van der Waals surface area contributed by atoms with Gasteiger partial charge in [-0.1, -0.05) is 11.3 Å². The number of amides is 1. The highest BCUT2D eigenvalue weighted by molar-refractivity contribution is 7.19. The standard InChI is InChI=1S/C22H21N7OS/c1-12-17(7-4-10-24-12)29-20-15(19(28-29)14-8-9-18(23)25-11-14)5-3-6-16-21(20)31-22(27-16)26-13(2)30/h4,7-11H,3,5-6H2,1-2H3,(H2,23,25)(H,26,27,30). The Kier molecular flexibility index (Phi) is 4.74. The predicted octanol–water partition coefficient (Wildman–Crippen LogP) is 3.79. The first kappa shape index (κ1) is 19.4. The van der Waals surface area contributed by atoms with Crippen LogP contribution < -0.4 is 11.1 Å². The summed E-state index contributed by atoms with van der Waals surface area (Å²) in [4.78, 5) is 26.1. The summed E-state index contributed by atoms with van der Waals surface area (Å²) in [7, 11) is 0. The van der Waals surface area contributed by atoms with Crippen molar-refractivity contribution < 1.29 is 4.79 Å². The maximum Gasteiger partial charge on any atom is 0.223 e. The Morgan fingerprint density at radius 2 is 2.10 bits per heavy atom. The summed E-state index contributed by atoms with van der Waals surface area (Å²) in [6.45, 7) is 3.47. The van der Waals surface area contributed by atoms with Crippen molar-refractivity contribution in [3.05, 3.63) is 53.6 Å². The Labute approximate surface area is 183 Å². The molecule has 0 bridgehead atoms. The topological polar surface area (TPSA) is 112 Å². The lowest BCUT2D eigenvalue weighted by Crippen LogP contribution is -2.05. The first-order chi connectivity index (χ1) is 15.0. The molecule has 0 aliphatic heterocycles. The maximum atomic E-state index is 11.6. The van der Waals surface area contributed by atoms with Gasteiger partial charge in [0.1, 0.15) is 5.82 Å². The summed E-state index contributed by atoms with van der Waals surface area (Å²) in [5.41, 5.74) is 12.5. The summed E-state index contributed by atoms with van der Waals surface area (Å²) in [5.74, 6) is 0.344. The number of hydrogen-bond donors (Lipinski definition) is 2. The number of rotatable bonds is 3. The molecule has 0 fully saturated rings. The molecule has 1 aliphatic carbocycles. The summed E-state index contributed by atoms with van der Waals surface area (Å²) in [6.07, 6.45) is 6.19. The number of nitrogens with zero attached hydrogens (tertiary/aromatic N) is 5. The van der Waals surface area contributed by atoms with E-state index in [4.69, 9.17) is 15.8 Å². The molecule has 0 saturated carbocycles. The third kappa shape index (κ3) is 3.46. The van der Waals surface area contributed by atoms with Crippen molar-refractivity contribution in [1.29, 1.82) is 0 Å². The Hall–Kier alpha value is -3.59. The van der Waals surface area contributed by atoms with Crippen molar-refractivity contribution in [1.82, 2.24) is 24.7 Å². The molecule has 4 heterocycles. The molecular weight excluding hydrogens is 410 g/mol. The second kappa shape index (κ2) is 7.59. The maximum absolute atomic E-state index is 11.6. The van der Waals surface area contributed by atoms with E-state index in [1.165, 1.54) is 18.3 Å². The monoisotopic (exact) mass is 431 g/mol. The molecule has 0 aromatic carbocycles. The van der Waals surface area contributed by atoms with Crippen molar-refractivity contribution in [3.63, 3.8) is 0 Å². The van der Waals surface area contributed by atoms with Crippen LogP contribution in [-0.4, -0.2) is 30.6 Å². The minimum Gasteiger partial charge on any atom is -0.384 e. The molecule has 1 amide bonds. The lowest BCUT2D eigenvalue weighted by atomic mass is 10.0. The zero-order valence-electron chi connectivity index (χ0n) is 17.2. The van der Waals surface area contributed by atoms with E-state index in [1.807, 2.05) is 29.8 Å². The van der Waals surface area contributed by atoms with Crippen molar-refractivity contribution in [2.45, 2.75) is 33.1 Å². The number of thiazole rings is 1. The number of nitrogen functional groups attached to an aromatic ring is 1. The van der Waals surface area contributed by atoms with Crippen LogP contribution in [0.1, 0.15) is 30.3 Å². The Bertz CT molecular complexity index is 1290. The molecule has 3 N–H and O–H groups in total. The van der Waals surface area contributed by atoms with Gasteiger partial charge in [0.25, 0.3) is 0 Å². The van der Waals surface area contributed by atoms with Gasteiger partial charge in [-0.3, -0.25) is 9.78 Å². The van der Waals surface area contributed by atoms with Crippen LogP contribution in [0.4, 0.5) is 10.9 Å². The fraction of sp³-hybridized carbons (Fsp3) is 0.227. The van der Waals surface area contributed by atoms with Crippen LogP contribution in [0.15, 0.2) is 36.7 Å². The lowest BCUT2D eigenvalue weighted by molar-refractivity contribution is -0.114. The van der Waals surface area contributed by atoms with Gasteiger partial charge in [-0.05, 0) is 50.5 Å². The van der Waals surface area contributed by atoms with Crippen LogP contribution >= 0.6 is 11.3 Å². The van der Waals surface area contributed by atoms with Crippen LogP contribution in [0.25, 0.3) is 27.5 Å². The SMILES string of the molecule is CC(=O)Nc1nc2c(s1)-c1c(c(-c3ccc(N)nc3)nn1-c1cccnc1C)CCC2. The van der Waals surface area contributed by atoms with Crippen molar-refractivity contribution in [3.8, 4) is 27.5 Å². The molecule has 31 heavy (non-hydrogen) atoms. The highest BCUT2D eigenvalue weighted by Gasteiger charge is 2.29. The van der Waals surface area contributed by atoms with E-state index in [0.717, 1.165) is 63.7 Å². The fourth-order valence-corrected chi connectivity index (χ4v) is 5.03. The van der Waals surface area contributed by atoms with E-state index in [1.54, 1.807) is 18.5 Å². The van der Waals surface area contributed by atoms with E-state index in [9.17, 15) is 4.79 Å². The first-order valence-corrected chi connectivity index (χ1v) is 10.9. The summed E-state index contributed by atoms with van der Waals surface area (Å²) >= 11 is 1.49. The van der Waals surface area contributed by atoms with E-state index < -0.39 is 0 Å². The minimum atomic E-state index is -0.130. The summed E-state index contributed by atoms with van der Waals surface area (Å²) < 4.78 is 1.96. The van der Waals surface area contributed by atoms with E-state index in [2.05, 4.69) is 15.3 Å². The zero-order chi connectivity index (χ0) is 21.5. The van der Waals surface area contributed by atoms with Gasteiger partial charge in [0.15, 0.2) is 5.13 Å². The highest BCUT2D eigenvalue weighted by atomic mass is 32.1. The number of pyridine rings is 2. The molecule has 0 atom stereocenters. The van der Waals surface area contributed by atoms with Gasteiger partial charge >= 0.3 is 0 Å². The van der Waals surface area contributed by atoms with Crippen LogP contribution in [-0.2, 0) is 17.6 Å². The van der Waals surface area contributed by atoms with Gasteiger partial charge in [-0.25, -0.2) is 14.6 Å². The second-order valence-corrected chi connectivity index (χ2v) is 8.50. The van der Waals surface area contributed by atoms with Gasteiger partial charge in [0.05, 0.1) is 33.3 Å². The predicted molar refractivity (Wildman–Crippen MR) is 121 cm³/mol. The molecule has 0 spiro atoms. The van der Waals surface area contributed by atoms with E-state index >= 15 is 0 Å². The molecule has 156 valence electrons. The number of carbonyl (C=O) groups is 1. The third-order valence-electron chi connectivity index (χ3n) is 5.29. The molecule has 0 saturated heterocycles. The lowest BCUT2D eigenvalue weighted by Gasteiger charge is -2.09. The largest absolute Gasteiger partial charge is 0.384 e. The van der Waals surface area contributed by atoms with Crippen LogP contribution in [0.3, 0.4) is 0 Å². The van der Waals surface area contributed by atoms with Crippen LogP contribution in [0.2, 0.25) is 0 Å². The van der Waals surface area contributed by atoms with Crippen LogP contribution in [0.5, 0.6) is 0 Å². The molecule has 1 aliphatic rings. The number of fused-ring (bicyclic) bond motifs is 3. The molecule has 4 aromatic heterocycles. The van der Waals surface area contributed by atoms with Gasteiger partial charge in [0, 0.05) is 30.4 Å². The van der Waals surface area contributed by atoms with E-state index in [0.29, 0.717) is 10.9 Å². The molecule has 0 unspecified atom stereocenters. The number of nitrogens with one attached hydrogen (secondary N) is 1. The normalized spacial score (nSPS) is 12.7. The van der Waals surface area contributed by atoms with Crippen molar-refractivity contribution in [2.75, 3.05) is 11.1 Å². The van der Waals surface area contributed by atoms with Crippen molar-refractivity contribution in [2.24, 2.45) is 0 Å². The third-order valence-corrected chi connectivity index (χ3v) is 6.31. The Balaban J connectivity index is 1.78. The molecule has 8 nitrogen and oxygen atoms in total. The van der Waals surface area contributed by atoms with Crippen LogP contribution in [0, 0.1) is 6.92 Å². The van der Waals surface area contributed by atoms with Crippen molar-refractivity contribution >= 4 is 28.2 Å². The second-order valence-electron chi connectivity index (χ2n) is 7.50. The van der Waals surface area contributed by atoms with Gasteiger partial charge < -0.3 is 11.1 Å². The van der Waals surface area contributed by atoms with Gasteiger partial charge in [-0.15, -0.1) is 0 Å². The molecule has 0 radical (unpaired) electrons. The average Bonchev–Trinajstić information content (AvgIpc) is 3.25. The molecule has 9 heteroatoms. The Morgan fingerprint density at radius 3 is 2.84 bits per heavy atom. The van der Waals surface area contributed by atoms with Gasteiger partial charge in [-0.2, -0.15) is 5.10 Å². The van der Waals surface area contributed by atoms with E-state index in [-0.39, 0.29) is 5.91 Å². The average molecular weight is 432 g/mol. The molecular formula is C22H21N7OS. The highest BCUT2D eigenvalue weighted by Crippen LogP contribution is 2.43. The zero-order valence-corrected chi connectivity index (χ0v) is 18.0. The number of nitrogens with two attached hydrogens (primary N) is 1. The quantitative estimate of drug-likeness (QED) is 0.510. The fourth-order valence-electron chi connectivity index (χ4n) is 3.91. The molecule has 5 rings (SSSR count). The number of anilines is 2. The Morgan fingerprint density at radius 1 is 1.23 bits per heavy atom. The first-order valence-electron chi connectivity index (χ1n) is 10.0. The number of carbonyl (C=O) groups excluding carboxylic acids is 1. The number of aryl methyl sites for hydroxylation is 2.